The molecule has 4 heteroatoms. The summed E-state index contributed by atoms with van der Waals surface area (Å²) in [6, 6.07) is 22.1. The summed E-state index contributed by atoms with van der Waals surface area (Å²) in [6.07, 6.45) is 7.70. The number of piperidine rings is 1. The molecular formula is C32H44N2O2. The molecule has 2 aromatic carbocycles. The average Bonchev–Trinajstić information content (AvgIpc) is 2.95. The number of hydrogen-bond acceptors (Lipinski definition) is 4. The Morgan fingerprint density at radius 2 is 1.42 bits per heavy atom. The summed E-state index contributed by atoms with van der Waals surface area (Å²) >= 11 is 0. The molecule has 1 aliphatic heterocycles. The van der Waals surface area contributed by atoms with Crippen LogP contribution in [0.5, 0.6) is 0 Å². The summed E-state index contributed by atoms with van der Waals surface area (Å²) in [6.45, 7) is 9.40. The molecule has 4 fully saturated rings. The Hall–Kier alpha value is -2.17. The Labute approximate surface area is 218 Å². The zero-order valence-corrected chi connectivity index (χ0v) is 22.3. The van der Waals surface area contributed by atoms with Crippen molar-refractivity contribution in [1.29, 1.82) is 0 Å². The van der Waals surface area contributed by atoms with Gasteiger partial charge in [-0.2, -0.15) is 0 Å². The predicted molar refractivity (Wildman–Crippen MR) is 146 cm³/mol. The van der Waals surface area contributed by atoms with E-state index in [0.717, 1.165) is 26.1 Å². The lowest BCUT2D eigenvalue weighted by atomic mass is 9.51. The van der Waals surface area contributed by atoms with Gasteiger partial charge in [-0.25, -0.2) is 0 Å². The van der Waals surface area contributed by atoms with Crippen LogP contribution in [-0.2, 0) is 9.53 Å². The molecule has 0 spiro atoms. The highest BCUT2D eigenvalue weighted by Crippen LogP contribution is 2.60. The van der Waals surface area contributed by atoms with Gasteiger partial charge in [-0.3, -0.25) is 9.69 Å². The first-order valence-corrected chi connectivity index (χ1v) is 14.4. The monoisotopic (exact) mass is 488 g/mol. The van der Waals surface area contributed by atoms with Gasteiger partial charge in [0.1, 0.15) is 6.10 Å². The number of rotatable bonds is 9. The van der Waals surface area contributed by atoms with Gasteiger partial charge in [-0.15, -0.1) is 0 Å². The molecule has 4 aliphatic rings. The van der Waals surface area contributed by atoms with Crippen LogP contribution in [0.3, 0.4) is 0 Å². The SMILES string of the molecule is CCN(CC)CCC(=O)O[C@H]1CC2(N3CCCCC3)C[C@@H](c3ccccc3)C1[C@H](c1ccccc1)C2. The van der Waals surface area contributed by atoms with E-state index in [1.165, 1.54) is 56.3 Å². The van der Waals surface area contributed by atoms with Gasteiger partial charge in [0.05, 0.1) is 6.42 Å². The molecule has 2 bridgehead atoms. The van der Waals surface area contributed by atoms with Crippen molar-refractivity contribution in [2.24, 2.45) is 5.92 Å². The molecule has 0 amide bonds. The van der Waals surface area contributed by atoms with Gasteiger partial charge in [0.2, 0.25) is 0 Å². The predicted octanol–water partition coefficient (Wildman–Crippen LogP) is 6.24. The Balaban J connectivity index is 1.49. The van der Waals surface area contributed by atoms with Crippen molar-refractivity contribution >= 4 is 5.97 Å². The summed E-state index contributed by atoms with van der Waals surface area (Å²) < 4.78 is 6.49. The van der Waals surface area contributed by atoms with Crippen molar-refractivity contribution < 1.29 is 9.53 Å². The standard InChI is InChI=1S/C32H44N2O2/c1-3-33(4-2)21-18-30(35)36-29-24-32(34-19-12-7-13-20-34)22-27(25-14-8-5-9-15-25)31(29)28(23-32)26-16-10-6-11-17-26/h5-6,8-11,14-17,27-29,31H,3-4,7,12-13,18-24H2,1-2H3/t27-,28-,29-,31?,32?/m0/s1. The molecule has 2 aromatic rings. The van der Waals surface area contributed by atoms with Crippen molar-refractivity contribution in [3.8, 4) is 0 Å². The van der Waals surface area contributed by atoms with E-state index in [2.05, 4.69) is 84.3 Å². The van der Waals surface area contributed by atoms with Crippen LogP contribution < -0.4 is 0 Å². The molecule has 194 valence electrons. The zero-order chi connectivity index (χ0) is 25.0. The first-order valence-electron chi connectivity index (χ1n) is 14.4. The normalized spacial score (nSPS) is 30.4. The molecule has 3 atom stereocenters. The second-order valence-corrected chi connectivity index (χ2v) is 11.3. The van der Waals surface area contributed by atoms with Crippen LogP contribution in [0.15, 0.2) is 60.7 Å². The number of carbonyl (C=O) groups excluding carboxylic acids is 1. The Bertz CT molecular complexity index is 919. The van der Waals surface area contributed by atoms with Gasteiger partial charge >= 0.3 is 5.97 Å². The van der Waals surface area contributed by atoms with E-state index in [9.17, 15) is 4.79 Å². The van der Waals surface area contributed by atoms with Gasteiger partial charge in [0.15, 0.2) is 0 Å². The molecule has 3 aliphatic carbocycles. The van der Waals surface area contributed by atoms with Gasteiger partial charge in [0, 0.05) is 24.4 Å². The quantitative estimate of drug-likeness (QED) is 0.391. The minimum atomic E-state index is -0.0333. The number of fused-ring (bicyclic) bond motifs is 3. The molecule has 36 heavy (non-hydrogen) atoms. The molecule has 0 N–H and O–H groups in total. The van der Waals surface area contributed by atoms with E-state index in [4.69, 9.17) is 4.74 Å². The summed E-state index contributed by atoms with van der Waals surface area (Å²) in [5.74, 6) is 1.11. The lowest BCUT2D eigenvalue weighted by molar-refractivity contribution is -0.170. The van der Waals surface area contributed by atoms with Crippen LogP contribution in [0.1, 0.15) is 81.8 Å². The van der Waals surface area contributed by atoms with E-state index in [1.54, 1.807) is 0 Å². The third-order valence-corrected chi connectivity index (χ3v) is 9.43. The minimum absolute atomic E-state index is 0.0214. The largest absolute Gasteiger partial charge is 0.462 e. The Morgan fingerprint density at radius 3 is 1.94 bits per heavy atom. The van der Waals surface area contributed by atoms with E-state index in [0.29, 0.717) is 24.2 Å². The maximum atomic E-state index is 13.2. The fourth-order valence-electron chi connectivity index (χ4n) is 7.62. The van der Waals surface area contributed by atoms with Gasteiger partial charge in [-0.1, -0.05) is 80.9 Å². The van der Waals surface area contributed by atoms with Crippen molar-refractivity contribution in [2.75, 3.05) is 32.7 Å². The highest BCUT2D eigenvalue weighted by Gasteiger charge is 2.59. The van der Waals surface area contributed by atoms with Crippen LogP contribution in [0.25, 0.3) is 0 Å². The molecule has 1 heterocycles. The molecular weight excluding hydrogens is 444 g/mol. The first kappa shape index (κ1) is 25.5. The lowest BCUT2D eigenvalue weighted by Crippen LogP contribution is -2.64. The fraction of sp³-hybridized carbons (Fsp3) is 0.594. The second kappa shape index (κ2) is 11.5. The van der Waals surface area contributed by atoms with Crippen LogP contribution in [-0.4, -0.2) is 60.1 Å². The van der Waals surface area contributed by atoms with Gasteiger partial charge < -0.3 is 9.64 Å². The summed E-state index contributed by atoms with van der Waals surface area (Å²) in [7, 11) is 0. The Morgan fingerprint density at radius 1 is 0.861 bits per heavy atom. The lowest BCUT2D eigenvalue weighted by Gasteiger charge is -2.62. The highest BCUT2D eigenvalue weighted by atomic mass is 16.5. The van der Waals surface area contributed by atoms with E-state index >= 15 is 0 Å². The van der Waals surface area contributed by atoms with Gasteiger partial charge in [-0.05, 0) is 74.8 Å². The van der Waals surface area contributed by atoms with Gasteiger partial charge in [0.25, 0.3) is 0 Å². The summed E-state index contributed by atoms with van der Waals surface area (Å²) in [4.78, 5) is 18.3. The van der Waals surface area contributed by atoms with Crippen LogP contribution >= 0.6 is 0 Å². The minimum Gasteiger partial charge on any atom is -0.462 e. The fourth-order valence-corrected chi connectivity index (χ4v) is 7.62. The highest BCUT2D eigenvalue weighted by molar-refractivity contribution is 5.70. The summed E-state index contributed by atoms with van der Waals surface area (Å²) in [5, 5.41) is 0. The van der Waals surface area contributed by atoms with Crippen molar-refractivity contribution in [3.05, 3.63) is 71.8 Å². The molecule has 0 radical (unpaired) electrons. The molecule has 0 aromatic heterocycles. The number of benzene rings is 2. The van der Waals surface area contributed by atoms with E-state index in [-0.39, 0.29) is 17.6 Å². The molecule has 3 saturated carbocycles. The molecule has 6 rings (SSSR count). The second-order valence-electron chi connectivity index (χ2n) is 11.3. The van der Waals surface area contributed by atoms with Crippen molar-refractivity contribution in [2.45, 2.75) is 82.3 Å². The van der Waals surface area contributed by atoms with Crippen LogP contribution in [0.4, 0.5) is 0 Å². The third-order valence-electron chi connectivity index (χ3n) is 9.43. The Kier molecular flexibility index (Phi) is 8.12. The number of carbonyl (C=O) groups is 1. The topological polar surface area (TPSA) is 32.8 Å². The molecule has 1 saturated heterocycles. The number of hydrogen-bond donors (Lipinski definition) is 0. The maximum Gasteiger partial charge on any atom is 0.307 e. The third kappa shape index (κ3) is 5.26. The van der Waals surface area contributed by atoms with Crippen molar-refractivity contribution in [1.82, 2.24) is 9.80 Å². The first-order chi connectivity index (χ1) is 17.6. The molecule has 4 nitrogen and oxygen atoms in total. The summed E-state index contributed by atoms with van der Waals surface area (Å²) in [5.41, 5.74) is 2.92. The van der Waals surface area contributed by atoms with Crippen LogP contribution in [0.2, 0.25) is 0 Å². The number of ether oxygens (including phenoxy) is 1. The number of likely N-dealkylation sites (tertiary alicyclic amines) is 1. The van der Waals surface area contributed by atoms with Crippen LogP contribution in [0, 0.1) is 5.92 Å². The van der Waals surface area contributed by atoms with E-state index in [1.807, 2.05) is 0 Å². The average molecular weight is 489 g/mol. The van der Waals surface area contributed by atoms with Crippen molar-refractivity contribution in [3.63, 3.8) is 0 Å². The smallest absolute Gasteiger partial charge is 0.307 e. The number of nitrogens with zero attached hydrogens (tertiary/aromatic N) is 2. The molecule has 0 unspecified atom stereocenters. The maximum absolute atomic E-state index is 13.2. The van der Waals surface area contributed by atoms with E-state index < -0.39 is 0 Å². The zero-order valence-electron chi connectivity index (χ0n) is 22.3. The number of esters is 1.